The summed E-state index contributed by atoms with van der Waals surface area (Å²) < 4.78 is 0. The molecule has 0 amide bonds. The monoisotopic (exact) mass is 458 g/mol. The van der Waals surface area contributed by atoms with Crippen molar-refractivity contribution in [1.82, 2.24) is 10.6 Å². The minimum atomic E-state index is -0.663. The second-order valence-electron chi connectivity index (χ2n) is 9.97. The maximum atomic E-state index is 14.8. The number of hydrogen-bond acceptors (Lipinski definition) is 3. The van der Waals surface area contributed by atoms with Crippen LogP contribution >= 0.6 is 0 Å². The molecular formula is C32H30N2O. The number of Topliss-reactive ketones (excluding diaryl/α,β-unsaturated/α-hetero) is 1. The van der Waals surface area contributed by atoms with Gasteiger partial charge < -0.3 is 10.6 Å². The van der Waals surface area contributed by atoms with E-state index in [1.807, 2.05) is 24.3 Å². The van der Waals surface area contributed by atoms with E-state index in [1.165, 1.54) is 0 Å². The summed E-state index contributed by atoms with van der Waals surface area (Å²) in [6, 6.07) is 41.3. The molecule has 2 aliphatic heterocycles. The molecule has 2 bridgehead atoms. The molecule has 3 nitrogen and oxygen atoms in total. The van der Waals surface area contributed by atoms with E-state index < -0.39 is 5.41 Å². The minimum Gasteiger partial charge on any atom is -0.301 e. The SMILES string of the molecule is CC12C(=O)C([C@@H](c3ccccc3)N[C@@H]1c1ccccc1)[C@H](c1ccccc1)N[C@@H]2c1ccccc1. The lowest BCUT2D eigenvalue weighted by Crippen LogP contribution is -2.65. The van der Waals surface area contributed by atoms with Crippen LogP contribution in [0.15, 0.2) is 121 Å². The Morgan fingerprint density at radius 3 is 1.17 bits per heavy atom. The van der Waals surface area contributed by atoms with Crippen LogP contribution in [0.5, 0.6) is 0 Å². The van der Waals surface area contributed by atoms with Crippen LogP contribution in [0.2, 0.25) is 0 Å². The van der Waals surface area contributed by atoms with E-state index >= 15 is 0 Å². The highest BCUT2D eigenvalue weighted by Gasteiger charge is 2.61. The maximum absolute atomic E-state index is 14.8. The summed E-state index contributed by atoms with van der Waals surface area (Å²) in [5.74, 6) is 0.0881. The number of hydrogen-bond donors (Lipinski definition) is 2. The topological polar surface area (TPSA) is 41.1 Å². The fraction of sp³-hybridized carbons (Fsp3) is 0.219. The van der Waals surface area contributed by atoms with Gasteiger partial charge in [0.05, 0.1) is 11.3 Å². The second kappa shape index (κ2) is 8.92. The molecule has 2 N–H and O–H groups in total. The molecule has 0 spiro atoms. The first-order valence-corrected chi connectivity index (χ1v) is 12.4. The van der Waals surface area contributed by atoms with Crippen LogP contribution in [0.4, 0.5) is 0 Å². The molecule has 0 saturated carbocycles. The van der Waals surface area contributed by atoms with Crippen LogP contribution < -0.4 is 10.6 Å². The third-order valence-corrected chi connectivity index (χ3v) is 8.03. The Balaban J connectivity index is 1.56. The van der Waals surface area contributed by atoms with Crippen molar-refractivity contribution in [2.45, 2.75) is 31.1 Å². The molecule has 2 fully saturated rings. The van der Waals surface area contributed by atoms with E-state index in [-0.39, 0.29) is 30.1 Å². The van der Waals surface area contributed by atoms with E-state index in [9.17, 15) is 4.79 Å². The summed E-state index contributed by atoms with van der Waals surface area (Å²) in [4.78, 5) is 14.8. The van der Waals surface area contributed by atoms with Gasteiger partial charge in [0, 0.05) is 24.2 Å². The summed E-state index contributed by atoms with van der Waals surface area (Å²) in [5, 5.41) is 8.00. The molecule has 3 heteroatoms. The van der Waals surface area contributed by atoms with Crippen molar-refractivity contribution < 1.29 is 4.79 Å². The summed E-state index contributed by atoms with van der Waals surface area (Å²) in [5.41, 5.74) is 3.92. The molecule has 6 atom stereocenters. The van der Waals surface area contributed by atoms with Gasteiger partial charge in [-0.1, -0.05) is 121 Å². The number of fused-ring (bicyclic) bond motifs is 2. The van der Waals surface area contributed by atoms with Gasteiger partial charge in [0.25, 0.3) is 0 Å². The molecule has 2 unspecified atom stereocenters. The van der Waals surface area contributed by atoms with E-state index in [0.29, 0.717) is 5.78 Å². The van der Waals surface area contributed by atoms with Gasteiger partial charge in [-0.2, -0.15) is 0 Å². The van der Waals surface area contributed by atoms with Crippen molar-refractivity contribution in [3.05, 3.63) is 144 Å². The number of ketones is 1. The first-order valence-electron chi connectivity index (χ1n) is 12.4. The van der Waals surface area contributed by atoms with E-state index in [0.717, 1.165) is 22.3 Å². The van der Waals surface area contributed by atoms with Crippen molar-refractivity contribution >= 4 is 5.78 Å². The van der Waals surface area contributed by atoms with Gasteiger partial charge in [0.15, 0.2) is 0 Å². The average molecular weight is 459 g/mol. The number of carbonyl (C=O) groups is 1. The normalized spacial score (nSPS) is 30.1. The van der Waals surface area contributed by atoms with Gasteiger partial charge in [-0.3, -0.25) is 4.79 Å². The number of rotatable bonds is 4. The highest BCUT2D eigenvalue weighted by Crippen LogP contribution is 2.58. The van der Waals surface area contributed by atoms with Crippen molar-refractivity contribution in [2.75, 3.05) is 0 Å². The zero-order chi connectivity index (χ0) is 23.8. The molecule has 2 aliphatic rings. The molecule has 0 aromatic heterocycles. The van der Waals surface area contributed by atoms with Crippen LogP contribution in [0.3, 0.4) is 0 Å². The largest absolute Gasteiger partial charge is 0.301 e. The van der Waals surface area contributed by atoms with Crippen LogP contribution in [0.25, 0.3) is 0 Å². The predicted octanol–water partition coefficient (Wildman–Crippen LogP) is 6.35. The molecule has 174 valence electrons. The lowest BCUT2D eigenvalue weighted by Gasteiger charge is -2.58. The predicted molar refractivity (Wildman–Crippen MR) is 140 cm³/mol. The van der Waals surface area contributed by atoms with E-state index in [4.69, 9.17) is 0 Å². The molecular weight excluding hydrogens is 428 g/mol. The fourth-order valence-electron chi connectivity index (χ4n) is 6.32. The van der Waals surface area contributed by atoms with Crippen molar-refractivity contribution in [3.63, 3.8) is 0 Å². The smallest absolute Gasteiger partial charge is 0.149 e. The summed E-state index contributed by atoms with van der Waals surface area (Å²) in [6.45, 7) is 2.15. The van der Waals surface area contributed by atoms with Gasteiger partial charge in [0.2, 0.25) is 0 Å². The third kappa shape index (κ3) is 3.63. The molecule has 2 saturated heterocycles. The van der Waals surface area contributed by atoms with Crippen LogP contribution in [0.1, 0.15) is 53.3 Å². The number of nitrogens with one attached hydrogen (secondary N) is 2. The summed E-state index contributed by atoms with van der Waals surface area (Å²) in [7, 11) is 0. The Morgan fingerprint density at radius 2 is 0.829 bits per heavy atom. The zero-order valence-corrected chi connectivity index (χ0v) is 19.8. The minimum absolute atomic E-state index is 0.101. The Kier molecular flexibility index (Phi) is 5.60. The Bertz CT molecular complexity index is 1200. The van der Waals surface area contributed by atoms with E-state index in [2.05, 4.69) is 115 Å². The first-order chi connectivity index (χ1) is 17.2. The van der Waals surface area contributed by atoms with Gasteiger partial charge in [0.1, 0.15) is 5.78 Å². The van der Waals surface area contributed by atoms with E-state index in [1.54, 1.807) is 0 Å². The summed E-state index contributed by atoms with van der Waals surface area (Å²) >= 11 is 0. The van der Waals surface area contributed by atoms with Gasteiger partial charge in [-0.15, -0.1) is 0 Å². The number of carbonyl (C=O) groups excluding carboxylic acids is 1. The number of benzene rings is 4. The quantitative estimate of drug-likeness (QED) is 0.374. The highest BCUT2D eigenvalue weighted by molar-refractivity contribution is 5.92. The Labute approximate surface area is 207 Å². The number of piperidine rings is 2. The molecule has 6 rings (SSSR count). The third-order valence-electron chi connectivity index (χ3n) is 8.03. The lowest BCUT2D eigenvalue weighted by atomic mass is 9.56. The average Bonchev–Trinajstić information content (AvgIpc) is 2.92. The zero-order valence-electron chi connectivity index (χ0n) is 19.8. The molecule has 4 aromatic carbocycles. The van der Waals surface area contributed by atoms with Gasteiger partial charge in [-0.05, 0) is 29.2 Å². The lowest BCUT2D eigenvalue weighted by molar-refractivity contribution is -0.150. The maximum Gasteiger partial charge on any atom is 0.149 e. The van der Waals surface area contributed by atoms with Crippen LogP contribution in [-0.4, -0.2) is 5.78 Å². The summed E-state index contributed by atoms with van der Waals surface area (Å²) in [6.07, 6.45) is 0. The Morgan fingerprint density at radius 1 is 0.514 bits per heavy atom. The Hall–Kier alpha value is -3.53. The second-order valence-corrected chi connectivity index (χ2v) is 9.97. The van der Waals surface area contributed by atoms with Gasteiger partial charge in [-0.25, -0.2) is 0 Å². The molecule has 35 heavy (non-hydrogen) atoms. The van der Waals surface area contributed by atoms with Crippen molar-refractivity contribution in [1.29, 1.82) is 0 Å². The molecule has 0 aliphatic carbocycles. The fourth-order valence-corrected chi connectivity index (χ4v) is 6.32. The molecule has 4 aromatic rings. The molecule has 0 radical (unpaired) electrons. The van der Waals surface area contributed by atoms with Crippen LogP contribution in [-0.2, 0) is 4.79 Å². The highest BCUT2D eigenvalue weighted by atomic mass is 16.1. The van der Waals surface area contributed by atoms with Crippen molar-refractivity contribution in [3.8, 4) is 0 Å². The van der Waals surface area contributed by atoms with Crippen molar-refractivity contribution in [2.24, 2.45) is 11.3 Å². The van der Waals surface area contributed by atoms with Crippen LogP contribution in [0, 0.1) is 11.3 Å². The first kappa shape index (κ1) is 22.0. The molecule has 2 heterocycles. The van der Waals surface area contributed by atoms with Gasteiger partial charge >= 0.3 is 0 Å². The standard InChI is InChI=1S/C32H30N2O/c1-32-29(24-18-10-4-11-19-24)33-27(22-14-6-2-7-15-22)26(31(32)35)28(23-16-8-3-9-17-23)34-30(32)25-20-12-5-13-21-25/h2-21,26-30,33-34H,1H3/t26?,27-,28+,29-,30-,32?/m1/s1.